The summed E-state index contributed by atoms with van der Waals surface area (Å²) in [5, 5.41) is 0. The lowest BCUT2D eigenvalue weighted by molar-refractivity contribution is 0.0817. The molecule has 1 aromatic rings. The minimum absolute atomic E-state index is 0.510. The monoisotopic (exact) mass is 313 g/mol. The first kappa shape index (κ1) is 12.6. The number of ether oxygens (including phenoxy) is 1. The molecule has 1 unspecified atom stereocenters. The first-order valence-electron chi connectivity index (χ1n) is 6.69. The van der Waals surface area contributed by atoms with Gasteiger partial charge in [-0.2, -0.15) is 0 Å². The fraction of sp³-hybridized carbons (Fsp3) is 0.769. The van der Waals surface area contributed by atoms with E-state index in [1.807, 2.05) is 0 Å². The Balaban J connectivity index is 1.98. The maximum Gasteiger partial charge on any atom is 0.129 e. The van der Waals surface area contributed by atoms with Gasteiger partial charge in [0.2, 0.25) is 0 Å². The van der Waals surface area contributed by atoms with E-state index in [0.29, 0.717) is 12.0 Å². The lowest BCUT2D eigenvalue weighted by atomic mass is 9.99. The third kappa shape index (κ3) is 2.12. The topological polar surface area (TPSA) is 30.3 Å². The minimum Gasteiger partial charge on any atom is -0.381 e. The molecule has 2 aliphatic rings. The van der Waals surface area contributed by atoms with Gasteiger partial charge in [0.1, 0.15) is 10.4 Å². The highest BCUT2D eigenvalue weighted by molar-refractivity contribution is 9.10. The minimum atomic E-state index is 0.510. The summed E-state index contributed by atoms with van der Waals surface area (Å²) in [6.45, 7) is 6.13. The van der Waals surface area contributed by atoms with E-state index in [0.717, 1.165) is 43.7 Å². The molecule has 4 nitrogen and oxygen atoms in total. The summed E-state index contributed by atoms with van der Waals surface area (Å²) in [5.74, 6) is 1.83. The van der Waals surface area contributed by atoms with Crippen molar-refractivity contribution in [2.24, 2.45) is 0 Å². The smallest absolute Gasteiger partial charge is 0.129 e. The molecule has 0 bridgehead atoms. The van der Waals surface area contributed by atoms with Crippen molar-refractivity contribution in [1.29, 1.82) is 0 Å². The van der Waals surface area contributed by atoms with E-state index in [9.17, 15) is 0 Å². The van der Waals surface area contributed by atoms with Crippen LogP contribution in [0.5, 0.6) is 0 Å². The molecule has 0 amide bonds. The van der Waals surface area contributed by atoms with Crippen molar-refractivity contribution < 1.29 is 4.74 Å². The molecular formula is C13H20BrN3O. The molecule has 5 heteroatoms. The summed E-state index contributed by atoms with van der Waals surface area (Å²) in [4.78, 5) is 7.16. The normalized spacial score (nSPS) is 26.3. The number of fused-ring (bicyclic) bond motifs is 1. The lowest BCUT2D eigenvalue weighted by Crippen LogP contribution is -2.34. The Bertz CT molecular complexity index is 440. The van der Waals surface area contributed by atoms with Crippen molar-refractivity contribution in [3.8, 4) is 0 Å². The van der Waals surface area contributed by atoms with Crippen LogP contribution in [0.15, 0.2) is 4.60 Å². The number of likely N-dealkylation sites (N-methyl/N-ethyl adjacent to an activating group) is 1. The number of nitrogens with zero attached hydrogens (tertiary/aromatic N) is 3. The Morgan fingerprint density at radius 3 is 2.78 bits per heavy atom. The maximum atomic E-state index is 5.46. The number of aromatic nitrogens is 2. The largest absolute Gasteiger partial charge is 0.381 e. The molecule has 18 heavy (non-hydrogen) atoms. The molecular weight excluding hydrogens is 294 g/mol. The quantitative estimate of drug-likeness (QED) is 0.798. The second kappa shape index (κ2) is 4.94. The highest BCUT2D eigenvalue weighted by Gasteiger charge is 2.30. The van der Waals surface area contributed by atoms with Crippen LogP contribution in [0.25, 0.3) is 0 Å². The second-order valence-corrected chi connectivity index (χ2v) is 6.26. The fourth-order valence-electron chi connectivity index (χ4n) is 3.19. The summed E-state index contributed by atoms with van der Waals surface area (Å²) < 4.78 is 8.95. The highest BCUT2D eigenvalue weighted by atomic mass is 79.9. The fourth-order valence-corrected chi connectivity index (χ4v) is 3.68. The van der Waals surface area contributed by atoms with Gasteiger partial charge in [-0.05, 0) is 42.7 Å². The number of halogens is 1. The molecule has 3 rings (SSSR count). The lowest BCUT2D eigenvalue weighted by Gasteiger charge is -2.33. The molecule has 100 valence electrons. The van der Waals surface area contributed by atoms with Crippen molar-refractivity contribution in [3.63, 3.8) is 0 Å². The zero-order valence-electron chi connectivity index (χ0n) is 11.0. The molecule has 0 spiro atoms. The van der Waals surface area contributed by atoms with E-state index >= 15 is 0 Å². The summed E-state index contributed by atoms with van der Waals surface area (Å²) >= 11 is 3.63. The van der Waals surface area contributed by atoms with Gasteiger partial charge in [0, 0.05) is 38.3 Å². The second-order valence-electron chi connectivity index (χ2n) is 5.51. The Morgan fingerprint density at radius 2 is 2.06 bits per heavy atom. The van der Waals surface area contributed by atoms with Gasteiger partial charge < -0.3 is 9.30 Å². The molecule has 2 aliphatic heterocycles. The summed E-state index contributed by atoms with van der Waals surface area (Å²) in [6, 6.07) is 0.510. The van der Waals surface area contributed by atoms with Gasteiger partial charge in [0.05, 0.1) is 5.69 Å². The first-order valence-corrected chi connectivity index (χ1v) is 7.49. The number of hydrogen-bond acceptors (Lipinski definition) is 3. The molecule has 3 heterocycles. The van der Waals surface area contributed by atoms with E-state index in [4.69, 9.17) is 9.72 Å². The van der Waals surface area contributed by atoms with Crippen LogP contribution < -0.4 is 0 Å². The zero-order chi connectivity index (χ0) is 12.7. The van der Waals surface area contributed by atoms with Crippen LogP contribution in [-0.2, 0) is 11.3 Å². The van der Waals surface area contributed by atoms with Crippen LogP contribution in [0.4, 0.5) is 0 Å². The average molecular weight is 314 g/mol. The molecule has 0 aliphatic carbocycles. The zero-order valence-corrected chi connectivity index (χ0v) is 12.6. The summed E-state index contributed by atoms with van der Waals surface area (Å²) in [6.07, 6.45) is 2.21. The van der Waals surface area contributed by atoms with Gasteiger partial charge in [-0.1, -0.05) is 0 Å². The van der Waals surface area contributed by atoms with Crippen molar-refractivity contribution in [3.05, 3.63) is 16.1 Å². The molecule has 0 radical (unpaired) electrons. The third-order valence-corrected chi connectivity index (χ3v) is 4.65. The number of hydrogen-bond donors (Lipinski definition) is 0. The predicted molar refractivity (Wildman–Crippen MR) is 73.8 cm³/mol. The first-order chi connectivity index (χ1) is 8.66. The van der Waals surface area contributed by atoms with Crippen molar-refractivity contribution in [1.82, 2.24) is 14.5 Å². The third-order valence-electron chi connectivity index (χ3n) is 4.01. The molecule has 1 aromatic heterocycles. The van der Waals surface area contributed by atoms with Gasteiger partial charge in [-0.25, -0.2) is 4.98 Å². The maximum absolute atomic E-state index is 5.46. The van der Waals surface area contributed by atoms with Crippen LogP contribution in [-0.4, -0.2) is 41.3 Å². The molecule has 1 atom stereocenters. The van der Waals surface area contributed by atoms with E-state index in [1.54, 1.807) is 0 Å². The Kier molecular flexibility index (Phi) is 3.47. The van der Waals surface area contributed by atoms with Gasteiger partial charge in [0.15, 0.2) is 0 Å². The SMILES string of the molecule is CC1CN(C)Cc2c(Br)nc(C3CCOCC3)n21. The van der Waals surface area contributed by atoms with Crippen molar-refractivity contribution >= 4 is 15.9 Å². The molecule has 1 saturated heterocycles. The van der Waals surface area contributed by atoms with Crippen LogP contribution in [0, 0.1) is 0 Å². The molecule has 0 saturated carbocycles. The van der Waals surface area contributed by atoms with Crippen molar-refractivity contribution in [2.45, 2.75) is 38.3 Å². The van der Waals surface area contributed by atoms with E-state index < -0.39 is 0 Å². The van der Waals surface area contributed by atoms with Crippen LogP contribution in [0.1, 0.15) is 43.2 Å². The van der Waals surface area contributed by atoms with Gasteiger partial charge >= 0.3 is 0 Å². The predicted octanol–water partition coefficient (Wildman–Crippen LogP) is 2.55. The Morgan fingerprint density at radius 1 is 1.33 bits per heavy atom. The number of rotatable bonds is 1. The standard InChI is InChI=1S/C13H20BrN3O/c1-9-7-16(2)8-11-12(14)15-13(17(9)11)10-3-5-18-6-4-10/h9-10H,3-8H2,1-2H3. The van der Waals surface area contributed by atoms with Gasteiger partial charge in [-0.3, -0.25) is 4.90 Å². The van der Waals surface area contributed by atoms with Gasteiger partial charge in [0.25, 0.3) is 0 Å². The van der Waals surface area contributed by atoms with E-state index in [1.165, 1.54) is 11.5 Å². The highest BCUT2D eigenvalue weighted by Crippen LogP contribution is 2.34. The Labute approximate surface area is 116 Å². The molecule has 0 N–H and O–H groups in total. The number of imidazole rings is 1. The van der Waals surface area contributed by atoms with E-state index in [2.05, 4.69) is 39.4 Å². The van der Waals surface area contributed by atoms with Gasteiger partial charge in [-0.15, -0.1) is 0 Å². The van der Waals surface area contributed by atoms with Crippen LogP contribution in [0.2, 0.25) is 0 Å². The van der Waals surface area contributed by atoms with Crippen molar-refractivity contribution in [2.75, 3.05) is 26.8 Å². The summed E-state index contributed by atoms with van der Waals surface area (Å²) in [5.41, 5.74) is 1.33. The Hall–Kier alpha value is -0.390. The van der Waals surface area contributed by atoms with Crippen LogP contribution >= 0.6 is 15.9 Å². The molecule has 1 fully saturated rings. The summed E-state index contributed by atoms with van der Waals surface area (Å²) in [7, 11) is 2.17. The average Bonchev–Trinajstić information content (AvgIpc) is 2.68. The van der Waals surface area contributed by atoms with E-state index in [-0.39, 0.29) is 0 Å². The van der Waals surface area contributed by atoms with Crippen LogP contribution in [0.3, 0.4) is 0 Å². The molecule has 0 aromatic carbocycles.